The highest BCUT2D eigenvalue weighted by molar-refractivity contribution is 6.30. The average molecular weight is 376 g/mol. The zero-order valence-corrected chi connectivity index (χ0v) is 16.5. The first kappa shape index (κ1) is 19.9. The van der Waals surface area contributed by atoms with Gasteiger partial charge in [-0.1, -0.05) is 11.6 Å². The zero-order chi connectivity index (χ0) is 19.1. The Balaban J connectivity index is 2.01. The molecule has 0 aliphatic heterocycles. The van der Waals surface area contributed by atoms with Crippen LogP contribution in [-0.4, -0.2) is 32.7 Å². The second kappa shape index (κ2) is 9.34. The van der Waals surface area contributed by atoms with Crippen LogP contribution >= 0.6 is 11.6 Å². The molecule has 0 bridgehead atoms. The predicted molar refractivity (Wildman–Crippen MR) is 110 cm³/mol. The minimum Gasteiger partial charge on any atom is -0.495 e. The van der Waals surface area contributed by atoms with Crippen molar-refractivity contribution < 1.29 is 9.53 Å². The first-order valence-electron chi connectivity index (χ1n) is 8.71. The summed E-state index contributed by atoms with van der Waals surface area (Å²) >= 11 is 6.00. The molecule has 0 aliphatic carbocycles. The molecule has 26 heavy (non-hydrogen) atoms. The maximum absolute atomic E-state index is 12.3. The average Bonchev–Trinajstić information content (AvgIpc) is 2.63. The van der Waals surface area contributed by atoms with E-state index in [9.17, 15) is 4.79 Å². The van der Waals surface area contributed by atoms with Crippen LogP contribution in [-0.2, 0) is 4.79 Å². The molecule has 0 aromatic heterocycles. The van der Waals surface area contributed by atoms with Gasteiger partial charge in [0, 0.05) is 29.5 Å². The number of anilines is 3. The summed E-state index contributed by atoms with van der Waals surface area (Å²) < 4.78 is 5.27. The van der Waals surface area contributed by atoms with E-state index in [4.69, 9.17) is 16.3 Å². The lowest BCUT2D eigenvalue weighted by atomic mass is 10.1. The van der Waals surface area contributed by atoms with E-state index in [1.807, 2.05) is 19.1 Å². The summed E-state index contributed by atoms with van der Waals surface area (Å²) in [5.74, 6) is 0.507. The molecule has 6 heteroatoms. The summed E-state index contributed by atoms with van der Waals surface area (Å²) in [6.07, 6.45) is 0. The first-order valence-corrected chi connectivity index (χ1v) is 9.09. The largest absolute Gasteiger partial charge is 0.495 e. The number of aryl methyl sites for hydroxylation is 1. The Kier molecular flexibility index (Phi) is 7.16. The molecule has 0 heterocycles. The van der Waals surface area contributed by atoms with Crippen molar-refractivity contribution in [3.63, 3.8) is 0 Å². The molecular weight excluding hydrogens is 350 g/mol. The number of amides is 1. The maximum Gasteiger partial charge on any atom is 0.243 e. The molecule has 0 fully saturated rings. The van der Waals surface area contributed by atoms with Gasteiger partial charge in [0.2, 0.25) is 5.91 Å². The zero-order valence-electron chi connectivity index (χ0n) is 15.7. The van der Waals surface area contributed by atoms with Crippen molar-refractivity contribution in [1.29, 1.82) is 0 Å². The minimum atomic E-state index is -0.134. The Hall–Kier alpha value is -2.40. The Morgan fingerprint density at radius 3 is 2.46 bits per heavy atom. The number of methoxy groups -OCH3 is 1. The lowest BCUT2D eigenvalue weighted by Crippen LogP contribution is -2.23. The third-order valence-corrected chi connectivity index (χ3v) is 4.45. The van der Waals surface area contributed by atoms with E-state index < -0.39 is 0 Å². The van der Waals surface area contributed by atoms with Crippen molar-refractivity contribution in [3.8, 4) is 5.75 Å². The molecule has 0 radical (unpaired) electrons. The molecule has 5 nitrogen and oxygen atoms in total. The molecule has 0 unspecified atom stereocenters. The molecule has 140 valence electrons. The molecule has 0 aliphatic rings. The SMILES string of the molecule is CCN(CC)c1ccc(NC(=O)CNc2cc(Cl)ccc2OC)c(C)c1. The van der Waals surface area contributed by atoms with Crippen LogP contribution in [0, 0.1) is 6.92 Å². The van der Waals surface area contributed by atoms with Crippen LogP contribution in [0.3, 0.4) is 0 Å². The summed E-state index contributed by atoms with van der Waals surface area (Å²) in [5, 5.41) is 6.58. The van der Waals surface area contributed by atoms with Crippen molar-refractivity contribution in [2.75, 3.05) is 42.3 Å². The van der Waals surface area contributed by atoms with E-state index in [0.29, 0.717) is 16.5 Å². The smallest absolute Gasteiger partial charge is 0.243 e. The van der Waals surface area contributed by atoms with E-state index in [0.717, 1.165) is 30.0 Å². The topological polar surface area (TPSA) is 53.6 Å². The maximum atomic E-state index is 12.3. The van der Waals surface area contributed by atoms with E-state index in [-0.39, 0.29) is 12.5 Å². The summed E-state index contributed by atoms with van der Waals surface area (Å²) in [6, 6.07) is 11.3. The summed E-state index contributed by atoms with van der Waals surface area (Å²) in [7, 11) is 1.58. The first-order chi connectivity index (χ1) is 12.5. The van der Waals surface area contributed by atoms with Crippen molar-refractivity contribution in [1.82, 2.24) is 0 Å². The monoisotopic (exact) mass is 375 g/mol. The highest BCUT2D eigenvalue weighted by Gasteiger charge is 2.09. The quantitative estimate of drug-likeness (QED) is 0.710. The fourth-order valence-electron chi connectivity index (χ4n) is 2.76. The molecule has 1 amide bonds. The number of halogens is 1. The molecular formula is C20H26ClN3O2. The molecule has 0 saturated carbocycles. The van der Waals surface area contributed by atoms with E-state index in [1.165, 1.54) is 0 Å². The highest BCUT2D eigenvalue weighted by Crippen LogP contribution is 2.27. The lowest BCUT2D eigenvalue weighted by molar-refractivity contribution is -0.114. The van der Waals surface area contributed by atoms with Crippen LogP contribution in [0.5, 0.6) is 5.75 Å². The third kappa shape index (κ3) is 5.05. The van der Waals surface area contributed by atoms with E-state index >= 15 is 0 Å². The molecule has 2 rings (SSSR count). The summed E-state index contributed by atoms with van der Waals surface area (Å²) in [4.78, 5) is 14.6. The van der Waals surface area contributed by atoms with Gasteiger partial charge in [-0.2, -0.15) is 0 Å². The molecule has 2 aromatic carbocycles. The van der Waals surface area contributed by atoms with E-state index in [1.54, 1.807) is 25.3 Å². The fraction of sp³-hybridized carbons (Fsp3) is 0.350. The van der Waals surface area contributed by atoms with Crippen LogP contribution < -0.4 is 20.3 Å². The second-order valence-electron chi connectivity index (χ2n) is 5.92. The van der Waals surface area contributed by atoms with Gasteiger partial charge in [0.15, 0.2) is 0 Å². The Morgan fingerprint density at radius 1 is 1.12 bits per heavy atom. The standard InChI is InChI=1S/C20H26ClN3O2/c1-5-24(6-2)16-8-9-17(14(3)11-16)23-20(25)13-22-18-12-15(21)7-10-19(18)26-4/h7-12,22H,5-6,13H2,1-4H3,(H,23,25). The van der Waals surface area contributed by atoms with Gasteiger partial charge in [-0.05, 0) is 62.7 Å². The van der Waals surface area contributed by atoms with Crippen LogP contribution in [0.2, 0.25) is 5.02 Å². The number of benzene rings is 2. The van der Waals surface area contributed by atoms with Crippen molar-refractivity contribution in [2.24, 2.45) is 0 Å². The third-order valence-electron chi connectivity index (χ3n) is 4.21. The Bertz CT molecular complexity index is 761. The fourth-order valence-corrected chi connectivity index (χ4v) is 2.93. The predicted octanol–water partition coefficient (Wildman–Crippen LogP) is 4.55. The minimum absolute atomic E-state index is 0.119. The van der Waals surface area contributed by atoms with Gasteiger partial charge in [-0.25, -0.2) is 0 Å². The van der Waals surface area contributed by atoms with Gasteiger partial charge in [0.05, 0.1) is 19.3 Å². The molecule has 0 spiro atoms. The van der Waals surface area contributed by atoms with Gasteiger partial charge in [0.25, 0.3) is 0 Å². The summed E-state index contributed by atoms with van der Waals surface area (Å²) in [5.41, 5.74) is 3.69. The van der Waals surface area contributed by atoms with Gasteiger partial charge in [-0.15, -0.1) is 0 Å². The summed E-state index contributed by atoms with van der Waals surface area (Å²) in [6.45, 7) is 8.28. The number of ether oxygens (including phenoxy) is 1. The number of nitrogens with zero attached hydrogens (tertiary/aromatic N) is 1. The lowest BCUT2D eigenvalue weighted by Gasteiger charge is -2.22. The molecule has 2 N–H and O–H groups in total. The van der Waals surface area contributed by atoms with Gasteiger partial charge in [0.1, 0.15) is 5.75 Å². The Morgan fingerprint density at radius 2 is 1.85 bits per heavy atom. The van der Waals surface area contributed by atoms with Crippen LogP contribution in [0.1, 0.15) is 19.4 Å². The number of carbonyl (C=O) groups is 1. The van der Waals surface area contributed by atoms with Crippen LogP contribution in [0.15, 0.2) is 36.4 Å². The normalized spacial score (nSPS) is 10.3. The molecule has 0 atom stereocenters. The van der Waals surface area contributed by atoms with Crippen molar-refractivity contribution in [3.05, 3.63) is 47.0 Å². The number of rotatable bonds is 8. The number of hydrogen-bond acceptors (Lipinski definition) is 4. The number of nitrogens with one attached hydrogen (secondary N) is 2. The van der Waals surface area contributed by atoms with Crippen molar-refractivity contribution >= 4 is 34.6 Å². The van der Waals surface area contributed by atoms with Gasteiger partial charge in [-0.3, -0.25) is 4.79 Å². The number of carbonyl (C=O) groups excluding carboxylic acids is 1. The van der Waals surface area contributed by atoms with Gasteiger partial charge < -0.3 is 20.3 Å². The molecule has 2 aromatic rings. The molecule has 0 saturated heterocycles. The van der Waals surface area contributed by atoms with Crippen molar-refractivity contribution in [2.45, 2.75) is 20.8 Å². The highest BCUT2D eigenvalue weighted by atomic mass is 35.5. The number of hydrogen-bond donors (Lipinski definition) is 2. The van der Waals surface area contributed by atoms with E-state index in [2.05, 4.69) is 35.4 Å². The second-order valence-corrected chi connectivity index (χ2v) is 6.35. The van der Waals surface area contributed by atoms with Crippen LogP contribution in [0.25, 0.3) is 0 Å². The van der Waals surface area contributed by atoms with Gasteiger partial charge >= 0.3 is 0 Å². The Labute approximate surface area is 160 Å². The van der Waals surface area contributed by atoms with Crippen LogP contribution in [0.4, 0.5) is 17.1 Å².